The number of alkyl halides is 3. The lowest BCUT2D eigenvalue weighted by Crippen LogP contribution is -2.30. The largest absolute Gasteiger partial charge is 0.416 e. The van der Waals surface area contributed by atoms with Gasteiger partial charge < -0.3 is 5.32 Å². The molecule has 0 heterocycles. The Morgan fingerprint density at radius 2 is 1.83 bits per heavy atom. The van der Waals surface area contributed by atoms with E-state index < -0.39 is 11.7 Å². The van der Waals surface area contributed by atoms with E-state index in [1.165, 1.54) is 17.8 Å². The minimum absolute atomic E-state index is 0.0710. The molecule has 1 atom stereocenters. The summed E-state index contributed by atoms with van der Waals surface area (Å²) in [6.07, 6.45) is -4.38. The minimum Gasteiger partial charge on any atom is -0.351 e. The van der Waals surface area contributed by atoms with Gasteiger partial charge in [-0.15, -0.1) is 11.8 Å². The molecule has 0 aliphatic heterocycles. The number of carbonyl (C=O) groups is 1. The Hall–Kier alpha value is -1.95. The number of aryl methyl sites for hydroxylation is 1. The highest BCUT2D eigenvalue weighted by Gasteiger charge is 2.30. The lowest BCUT2D eigenvalue weighted by atomic mass is 10.1. The van der Waals surface area contributed by atoms with Gasteiger partial charge >= 0.3 is 6.18 Å². The van der Waals surface area contributed by atoms with Crippen LogP contribution in [0, 0.1) is 6.92 Å². The lowest BCUT2D eigenvalue weighted by molar-refractivity contribution is -0.137. The minimum atomic E-state index is -4.38. The van der Waals surface area contributed by atoms with Crippen LogP contribution in [-0.2, 0) is 17.5 Å². The highest BCUT2D eigenvalue weighted by molar-refractivity contribution is 8.00. The maximum absolute atomic E-state index is 12.7. The number of amides is 1. The second-order valence-corrected chi connectivity index (χ2v) is 6.90. The number of halogens is 3. The molecule has 2 rings (SSSR count). The van der Waals surface area contributed by atoms with Gasteiger partial charge in [-0.3, -0.25) is 4.79 Å². The third-order valence-electron chi connectivity index (χ3n) is 3.42. The Kier molecular flexibility index (Phi) is 5.94. The monoisotopic (exact) mass is 353 g/mol. The fourth-order valence-corrected chi connectivity index (χ4v) is 2.96. The Labute approximate surface area is 143 Å². The molecule has 0 radical (unpaired) electrons. The average Bonchev–Trinajstić information content (AvgIpc) is 2.54. The van der Waals surface area contributed by atoms with Gasteiger partial charge in [0.05, 0.1) is 10.8 Å². The summed E-state index contributed by atoms with van der Waals surface area (Å²) in [5, 5.41) is 2.35. The van der Waals surface area contributed by atoms with Crippen LogP contribution in [-0.4, -0.2) is 11.2 Å². The van der Waals surface area contributed by atoms with E-state index in [1.54, 1.807) is 13.0 Å². The Balaban J connectivity index is 1.91. The normalized spacial score (nSPS) is 12.7. The van der Waals surface area contributed by atoms with Crippen LogP contribution in [0.3, 0.4) is 0 Å². The van der Waals surface area contributed by atoms with Crippen molar-refractivity contribution in [3.8, 4) is 0 Å². The van der Waals surface area contributed by atoms with Crippen molar-refractivity contribution in [2.45, 2.75) is 36.7 Å². The number of hydrogen-bond donors (Lipinski definition) is 1. The molecule has 0 saturated carbocycles. The van der Waals surface area contributed by atoms with Crippen molar-refractivity contribution in [2.24, 2.45) is 0 Å². The molecule has 0 fully saturated rings. The van der Waals surface area contributed by atoms with Crippen LogP contribution in [0.4, 0.5) is 13.2 Å². The molecular formula is C18H18F3NOS. The first-order valence-corrected chi connectivity index (χ1v) is 8.31. The van der Waals surface area contributed by atoms with Crippen molar-refractivity contribution in [2.75, 3.05) is 0 Å². The van der Waals surface area contributed by atoms with Crippen LogP contribution in [0.25, 0.3) is 0 Å². The fourth-order valence-electron chi connectivity index (χ4n) is 2.07. The van der Waals surface area contributed by atoms with Crippen molar-refractivity contribution < 1.29 is 18.0 Å². The maximum Gasteiger partial charge on any atom is 0.416 e. The summed E-state index contributed by atoms with van der Waals surface area (Å²) >= 11 is 1.41. The number of nitrogens with one attached hydrogen (secondary N) is 1. The van der Waals surface area contributed by atoms with Crippen molar-refractivity contribution in [1.29, 1.82) is 0 Å². The average molecular weight is 353 g/mol. The third kappa shape index (κ3) is 5.30. The Morgan fingerprint density at radius 1 is 1.17 bits per heavy atom. The van der Waals surface area contributed by atoms with E-state index in [4.69, 9.17) is 0 Å². The van der Waals surface area contributed by atoms with E-state index in [-0.39, 0.29) is 17.7 Å². The van der Waals surface area contributed by atoms with Crippen molar-refractivity contribution in [3.05, 3.63) is 65.2 Å². The first kappa shape index (κ1) is 18.4. The first-order chi connectivity index (χ1) is 11.3. The topological polar surface area (TPSA) is 29.1 Å². The highest BCUT2D eigenvalue weighted by Crippen LogP contribution is 2.29. The summed E-state index contributed by atoms with van der Waals surface area (Å²) in [5.41, 5.74) is 0.850. The molecule has 2 aromatic rings. The molecule has 24 heavy (non-hydrogen) atoms. The standard InChI is InChI=1S/C18H18F3NOS/c1-12-6-8-16(9-7-12)24-13(2)17(23)22-11-14-4-3-5-15(10-14)18(19,20)21/h3-10,13H,11H2,1-2H3,(H,22,23)/t13-/m1/s1. The van der Waals surface area contributed by atoms with E-state index >= 15 is 0 Å². The molecule has 0 saturated heterocycles. The molecule has 1 N–H and O–H groups in total. The quantitative estimate of drug-likeness (QED) is 0.782. The molecule has 0 bridgehead atoms. The maximum atomic E-state index is 12.7. The number of hydrogen-bond acceptors (Lipinski definition) is 2. The van der Waals surface area contributed by atoms with Gasteiger partial charge in [0, 0.05) is 11.4 Å². The highest BCUT2D eigenvalue weighted by atomic mass is 32.2. The van der Waals surface area contributed by atoms with Crippen molar-refractivity contribution in [3.63, 3.8) is 0 Å². The molecule has 1 amide bonds. The summed E-state index contributed by atoms with van der Waals surface area (Å²) in [4.78, 5) is 13.1. The fraction of sp³-hybridized carbons (Fsp3) is 0.278. The van der Waals surface area contributed by atoms with Crippen LogP contribution in [0.15, 0.2) is 53.4 Å². The van der Waals surface area contributed by atoms with Crippen molar-refractivity contribution >= 4 is 17.7 Å². The van der Waals surface area contributed by atoms with E-state index in [9.17, 15) is 18.0 Å². The molecule has 6 heteroatoms. The second kappa shape index (κ2) is 7.75. The molecule has 2 nitrogen and oxygen atoms in total. The molecule has 0 unspecified atom stereocenters. The molecule has 0 spiro atoms. The molecule has 2 aromatic carbocycles. The zero-order valence-corrected chi connectivity index (χ0v) is 14.2. The van der Waals surface area contributed by atoms with Gasteiger partial charge in [0.2, 0.25) is 5.91 Å². The van der Waals surface area contributed by atoms with Gasteiger partial charge in [-0.25, -0.2) is 0 Å². The summed E-state index contributed by atoms with van der Waals surface area (Å²) in [6, 6.07) is 12.8. The zero-order chi connectivity index (χ0) is 17.7. The third-order valence-corrected chi connectivity index (χ3v) is 4.54. The summed E-state index contributed by atoms with van der Waals surface area (Å²) in [7, 11) is 0. The van der Waals surface area contributed by atoms with E-state index in [0.717, 1.165) is 22.6 Å². The molecule has 0 aromatic heterocycles. The lowest BCUT2D eigenvalue weighted by Gasteiger charge is -2.13. The second-order valence-electron chi connectivity index (χ2n) is 5.49. The predicted octanol–water partition coefficient (Wildman–Crippen LogP) is 4.81. The smallest absolute Gasteiger partial charge is 0.351 e. The summed E-state index contributed by atoms with van der Waals surface area (Å²) in [6.45, 7) is 3.83. The number of rotatable bonds is 5. The molecule has 0 aliphatic rings. The van der Waals surface area contributed by atoms with Crippen LogP contribution < -0.4 is 5.32 Å². The Bertz CT molecular complexity index is 698. The van der Waals surface area contributed by atoms with Gasteiger partial charge in [-0.1, -0.05) is 29.8 Å². The van der Waals surface area contributed by atoms with Gasteiger partial charge in [0.25, 0.3) is 0 Å². The van der Waals surface area contributed by atoms with Crippen LogP contribution >= 0.6 is 11.8 Å². The molecule has 0 aliphatic carbocycles. The number of carbonyl (C=O) groups excluding carboxylic acids is 1. The van der Waals surface area contributed by atoms with E-state index in [0.29, 0.717) is 5.56 Å². The molecular weight excluding hydrogens is 335 g/mol. The van der Waals surface area contributed by atoms with Gasteiger partial charge in [0.1, 0.15) is 0 Å². The van der Waals surface area contributed by atoms with Gasteiger partial charge in [-0.2, -0.15) is 13.2 Å². The first-order valence-electron chi connectivity index (χ1n) is 7.43. The van der Waals surface area contributed by atoms with Crippen molar-refractivity contribution in [1.82, 2.24) is 5.32 Å². The van der Waals surface area contributed by atoms with E-state index in [1.807, 2.05) is 31.2 Å². The number of thioether (sulfide) groups is 1. The predicted molar refractivity (Wildman–Crippen MR) is 89.8 cm³/mol. The van der Waals surface area contributed by atoms with Crippen LogP contribution in [0.1, 0.15) is 23.6 Å². The van der Waals surface area contributed by atoms with Gasteiger partial charge in [0.15, 0.2) is 0 Å². The zero-order valence-electron chi connectivity index (χ0n) is 13.4. The van der Waals surface area contributed by atoms with Crippen LogP contribution in [0.5, 0.6) is 0 Å². The SMILES string of the molecule is Cc1ccc(S[C@H](C)C(=O)NCc2cccc(C(F)(F)F)c2)cc1. The summed E-state index contributed by atoms with van der Waals surface area (Å²) in [5.74, 6) is -0.210. The Morgan fingerprint density at radius 3 is 2.46 bits per heavy atom. The van der Waals surface area contributed by atoms with Crippen LogP contribution in [0.2, 0.25) is 0 Å². The molecule has 128 valence electrons. The number of benzene rings is 2. The van der Waals surface area contributed by atoms with E-state index in [2.05, 4.69) is 5.32 Å². The van der Waals surface area contributed by atoms with Gasteiger partial charge in [-0.05, 0) is 43.7 Å². The summed E-state index contributed by atoms with van der Waals surface area (Å²) < 4.78 is 38.0.